The van der Waals surface area contributed by atoms with Crippen LogP contribution in [0.2, 0.25) is 0 Å². The van der Waals surface area contributed by atoms with E-state index in [0.717, 1.165) is 0 Å². The number of carbonyl (C=O) groups excluding carboxylic acids is 4. The van der Waals surface area contributed by atoms with E-state index in [9.17, 15) is 19.2 Å². The zero-order valence-corrected chi connectivity index (χ0v) is 22.6. The third-order valence-electron chi connectivity index (χ3n) is 5.23. The number of allylic oxidation sites excluding steroid dienone is 2. The summed E-state index contributed by atoms with van der Waals surface area (Å²) >= 11 is 13.1. The van der Waals surface area contributed by atoms with Crippen LogP contribution in [0.5, 0.6) is 0 Å². The fourth-order valence-electron chi connectivity index (χ4n) is 3.69. The number of hydrogen-bond acceptors (Lipinski definition) is 8. The predicted octanol–water partition coefficient (Wildman–Crippen LogP) is 5.28. The van der Waals surface area contributed by atoms with Crippen molar-refractivity contribution in [2.45, 2.75) is 80.1 Å². The van der Waals surface area contributed by atoms with E-state index >= 15 is 0 Å². The second-order valence-electron chi connectivity index (χ2n) is 7.71. The first-order chi connectivity index (χ1) is 16.1. The highest BCUT2D eigenvalue weighted by atomic mass is 35.5. The Kier molecular flexibility index (Phi) is 15.1. The van der Waals surface area contributed by atoms with Gasteiger partial charge in [0.05, 0.1) is 26.4 Å². The first-order valence-corrected chi connectivity index (χ1v) is 12.5. The van der Waals surface area contributed by atoms with Crippen molar-refractivity contribution in [2.24, 2.45) is 10.8 Å². The molecule has 0 aromatic carbocycles. The van der Waals surface area contributed by atoms with Crippen LogP contribution in [0.4, 0.5) is 0 Å². The monoisotopic (exact) mass is 524 g/mol. The normalized spacial score (nSPS) is 12.5. The molecule has 0 saturated heterocycles. The summed E-state index contributed by atoms with van der Waals surface area (Å²) in [4.78, 5) is 51.6. The van der Waals surface area contributed by atoms with Crippen LogP contribution in [-0.4, -0.2) is 50.3 Å². The maximum absolute atomic E-state index is 12.9. The van der Waals surface area contributed by atoms with Gasteiger partial charge >= 0.3 is 23.9 Å². The number of ether oxygens (including phenoxy) is 4. The molecule has 196 valence electrons. The molecular weight excluding hydrogens is 487 g/mol. The molecule has 0 saturated carbocycles. The molecule has 0 heterocycles. The van der Waals surface area contributed by atoms with Crippen molar-refractivity contribution < 1.29 is 38.1 Å². The van der Waals surface area contributed by atoms with Gasteiger partial charge in [-0.05, 0) is 40.5 Å². The Morgan fingerprint density at radius 1 is 0.529 bits per heavy atom. The molecule has 10 heteroatoms. The lowest BCUT2D eigenvalue weighted by Gasteiger charge is -2.31. The van der Waals surface area contributed by atoms with Crippen LogP contribution in [0, 0.1) is 10.8 Å². The summed E-state index contributed by atoms with van der Waals surface area (Å²) in [6, 6.07) is 0. The van der Waals surface area contributed by atoms with Crippen molar-refractivity contribution >= 4 is 47.1 Å². The molecule has 0 aliphatic heterocycles. The van der Waals surface area contributed by atoms with E-state index in [-0.39, 0.29) is 62.2 Å². The van der Waals surface area contributed by atoms with Gasteiger partial charge in [-0.15, -0.1) is 0 Å². The SMILES string of the molecule is CCCC(CC(Cl)=C(Cl)CC(CCC)(C(=O)OCC)C(=O)OCC)(C(=O)OCC)C(=O)OCC. The van der Waals surface area contributed by atoms with Crippen LogP contribution in [0.25, 0.3) is 0 Å². The van der Waals surface area contributed by atoms with E-state index in [1.807, 2.05) is 0 Å². The van der Waals surface area contributed by atoms with Crippen molar-refractivity contribution in [1.82, 2.24) is 0 Å². The Labute approximate surface area is 212 Å². The van der Waals surface area contributed by atoms with Gasteiger partial charge < -0.3 is 18.9 Å². The summed E-state index contributed by atoms with van der Waals surface area (Å²) in [5.74, 6) is -3.08. The molecule has 0 N–H and O–H groups in total. The van der Waals surface area contributed by atoms with Crippen molar-refractivity contribution in [3.8, 4) is 0 Å². The molecule has 0 bridgehead atoms. The van der Waals surface area contributed by atoms with Crippen LogP contribution >= 0.6 is 23.2 Å². The van der Waals surface area contributed by atoms with Gasteiger partial charge in [0.1, 0.15) is 0 Å². The number of esters is 4. The van der Waals surface area contributed by atoms with E-state index in [1.165, 1.54) is 0 Å². The highest BCUT2D eigenvalue weighted by Gasteiger charge is 2.51. The van der Waals surface area contributed by atoms with E-state index < -0.39 is 34.7 Å². The van der Waals surface area contributed by atoms with Crippen LogP contribution in [-0.2, 0) is 38.1 Å². The predicted molar refractivity (Wildman–Crippen MR) is 129 cm³/mol. The third kappa shape index (κ3) is 8.15. The molecule has 0 unspecified atom stereocenters. The highest BCUT2D eigenvalue weighted by molar-refractivity contribution is 6.39. The molecule has 8 nitrogen and oxygen atoms in total. The number of hydrogen-bond donors (Lipinski definition) is 0. The molecule has 0 spiro atoms. The van der Waals surface area contributed by atoms with Gasteiger partial charge in [0, 0.05) is 22.9 Å². The smallest absolute Gasteiger partial charge is 0.323 e. The highest BCUT2D eigenvalue weighted by Crippen LogP contribution is 2.42. The quantitative estimate of drug-likeness (QED) is 0.152. The van der Waals surface area contributed by atoms with Gasteiger partial charge in [0.15, 0.2) is 10.8 Å². The number of rotatable bonds is 16. The van der Waals surface area contributed by atoms with Crippen LogP contribution in [0.3, 0.4) is 0 Å². The summed E-state index contributed by atoms with van der Waals surface area (Å²) in [5.41, 5.74) is -3.42. The summed E-state index contributed by atoms with van der Waals surface area (Å²) in [5, 5.41) is -0.101. The number of halogens is 2. The van der Waals surface area contributed by atoms with Crippen molar-refractivity contribution in [1.29, 1.82) is 0 Å². The van der Waals surface area contributed by atoms with Crippen LogP contribution in [0.15, 0.2) is 10.1 Å². The molecule has 0 aromatic rings. The van der Waals surface area contributed by atoms with Crippen molar-refractivity contribution in [3.05, 3.63) is 10.1 Å². The molecule has 0 radical (unpaired) electrons. The minimum atomic E-state index is -1.71. The zero-order chi connectivity index (χ0) is 26.4. The van der Waals surface area contributed by atoms with Gasteiger partial charge in [-0.25, -0.2) is 0 Å². The second kappa shape index (κ2) is 16.0. The summed E-state index contributed by atoms with van der Waals surface area (Å²) in [6.45, 7) is 10.4. The van der Waals surface area contributed by atoms with Gasteiger partial charge in [-0.2, -0.15) is 0 Å². The van der Waals surface area contributed by atoms with Crippen molar-refractivity contribution in [2.75, 3.05) is 26.4 Å². The molecule has 0 rings (SSSR count). The summed E-state index contributed by atoms with van der Waals surface area (Å²) in [6.07, 6.45) is 0.553. The lowest BCUT2D eigenvalue weighted by atomic mass is 9.77. The number of carbonyl (C=O) groups is 4. The minimum absolute atomic E-state index is 0.0507. The average Bonchev–Trinajstić information content (AvgIpc) is 2.78. The van der Waals surface area contributed by atoms with Crippen molar-refractivity contribution in [3.63, 3.8) is 0 Å². The van der Waals surface area contributed by atoms with Gasteiger partial charge in [0.25, 0.3) is 0 Å². The molecule has 0 aromatic heterocycles. The van der Waals surface area contributed by atoms with Gasteiger partial charge in [-0.3, -0.25) is 19.2 Å². The first kappa shape index (κ1) is 32.2. The topological polar surface area (TPSA) is 105 Å². The Bertz CT molecular complexity index is 636. The fraction of sp³-hybridized carbons (Fsp3) is 0.750. The van der Waals surface area contributed by atoms with Crippen LogP contribution < -0.4 is 0 Å². The summed E-state index contributed by atoms with van der Waals surface area (Å²) < 4.78 is 20.7. The van der Waals surface area contributed by atoms with Gasteiger partial charge in [0.2, 0.25) is 0 Å². The maximum Gasteiger partial charge on any atom is 0.323 e. The largest absolute Gasteiger partial charge is 0.465 e. The molecule has 0 aliphatic rings. The lowest BCUT2D eigenvalue weighted by molar-refractivity contribution is -0.174. The fourth-order valence-corrected chi connectivity index (χ4v) is 4.28. The zero-order valence-electron chi connectivity index (χ0n) is 21.1. The van der Waals surface area contributed by atoms with Gasteiger partial charge in [-0.1, -0.05) is 49.9 Å². The Morgan fingerprint density at radius 3 is 0.941 bits per heavy atom. The molecule has 0 aliphatic carbocycles. The lowest BCUT2D eigenvalue weighted by Crippen LogP contribution is -2.43. The maximum atomic E-state index is 12.9. The Balaban J connectivity index is 6.51. The minimum Gasteiger partial charge on any atom is -0.465 e. The second-order valence-corrected chi connectivity index (χ2v) is 8.62. The van der Waals surface area contributed by atoms with E-state index in [4.69, 9.17) is 42.1 Å². The molecular formula is C24H38Cl2O8. The summed E-state index contributed by atoms with van der Waals surface area (Å²) in [7, 11) is 0. The molecule has 0 fully saturated rings. The first-order valence-electron chi connectivity index (χ1n) is 11.8. The molecule has 0 atom stereocenters. The van der Waals surface area contributed by atoms with E-state index in [1.54, 1.807) is 41.5 Å². The third-order valence-corrected chi connectivity index (χ3v) is 6.05. The van der Waals surface area contributed by atoms with E-state index in [2.05, 4.69) is 0 Å². The molecule has 34 heavy (non-hydrogen) atoms. The molecule has 0 amide bonds. The van der Waals surface area contributed by atoms with Crippen LogP contribution in [0.1, 0.15) is 80.1 Å². The Hall–Kier alpha value is -1.80. The van der Waals surface area contributed by atoms with E-state index in [0.29, 0.717) is 12.8 Å². The Morgan fingerprint density at radius 2 is 0.765 bits per heavy atom. The standard InChI is InChI=1S/C24H38Cl2O8/c1-7-13-23(19(27)31-9-3,20(28)32-10-4)15-17(25)18(26)16-24(14-8-2,21(29)33-11-5)22(30)34-12-6/h7-16H2,1-6H3. The average molecular weight is 525 g/mol.